The molecule has 0 bridgehead atoms. The predicted molar refractivity (Wildman–Crippen MR) is 84.8 cm³/mol. The number of urea groups is 1. The minimum Gasteiger partial charge on any atom is -0.435 e. The fourth-order valence-corrected chi connectivity index (χ4v) is 2.12. The molecule has 1 unspecified atom stereocenters. The molecule has 2 rings (SSSR count). The van der Waals surface area contributed by atoms with Crippen molar-refractivity contribution in [2.75, 3.05) is 5.32 Å². The van der Waals surface area contributed by atoms with Gasteiger partial charge in [0.15, 0.2) is 0 Å². The number of amides is 2. The number of nitrogens with one attached hydrogen (secondary N) is 2. The van der Waals surface area contributed by atoms with E-state index in [1.807, 2.05) is 0 Å². The molecule has 0 radical (unpaired) electrons. The van der Waals surface area contributed by atoms with Crippen LogP contribution in [0.5, 0.6) is 5.75 Å². The van der Waals surface area contributed by atoms with E-state index in [9.17, 15) is 18.0 Å². The standard InChI is InChI=1S/C17H14F3N3O2/c1-10(11-3-2-4-14(8-11)25-16(19)20)22-17(24)23-15-6-5-13(18)7-12(15)9-21/h2-8,10,16H,1H3,(H2,22,23,24). The molecule has 0 aliphatic carbocycles. The zero-order valence-electron chi connectivity index (χ0n) is 13.1. The number of hydrogen-bond donors (Lipinski definition) is 2. The highest BCUT2D eigenvalue weighted by molar-refractivity contribution is 5.91. The summed E-state index contributed by atoms with van der Waals surface area (Å²) in [5.41, 5.74) is 0.687. The number of ether oxygens (including phenoxy) is 1. The van der Waals surface area contributed by atoms with Crippen LogP contribution in [-0.2, 0) is 0 Å². The highest BCUT2D eigenvalue weighted by atomic mass is 19.3. The summed E-state index contributed by atoms with van der Waals surface area (Å²) in [5.74, 6) is -0.612. The summed E-state index contributed by atoms with van der Waals surface area (Å²) >= 11 is 0. The van der Waals surface area contributed by atoms with Crippen molar-refractivity contribution in [3.05, 3.63) is 59.4 Å². The van der Waals surface area contributed by atoms with Gasteiger partial charge in [-0.1, -0.05) is 12.1 Å². The van der Waals surface area contributed by atoms with Gasteiger partial charge in [-0.3, -0.25) is 0 Å². The van der Waals surface area contributed by atoms with Crippen molar-refractivity contribution in [3.8, 4) is 11.8 Å². The number of rotatable bonds is 5. The van der Waals surface area contributed by atoms with Crippen LogP contribution >= 0.6 is 0 Å². The lowest BCUT2D eigenvalue weighted by molar-refractivity contribution is -0.0499. The number of carbonyl (C=O) groups excluding carboxylic acids is 1. The third-order valence-electron chi connectivity index (χ3n) is 3.28. The summed E-state index contributed by atoms with van der Waals surface area (Å²) in [4.78, 5) is 12.0. The normalized spacial score (nSPS) is 11.5. The number of halogens is 3. The Kier molecular flexibility index (Phi) is 5.84. The van der Waals surface area contributed by atoms with Gasteiger partial charge in [-0.05, 0) is 42.8 Å². The highest BCUT2D eigenvalue weighted by Gasteiger charge is 2.13. The third-order valence-corrected chi connectivity index (χ3v) is 3.28. The van der Waals surface area contributed by atoms with Crippen LogP contribution < -0.4 is 15.4 Å². The van der Waals surface area contributed by atoms with E-state index >= 15 is 0 Å². The van der Waals surface area contributed by atoms with Gasteiger partial charge >= 0.3 is 12.6 Å². The Bertz CT molecular complexity index is 806. The van der Waals surface area contributed by atoms with Gasteiger partial charge < -0.3 is 15.4 Å². The molecule has 2 aromatic carbocycles. The molecule has 2 N–H and O–H groups in total. The Labute approximate surface area is 142 Å². The van der Waals surface area contributed by atoms with Gasteiger partial charge in [-0.15, -0.1) is 0 Å². The molecule has 25 heavy (non-hydrogen) atoms. The van der Waals surface area contributed by atoms with Crippen LogP contribution in [0.25, 0.3) is 0 Å². The molecule has 8 heteroatoms. The number of carbonyl (C=O) groups is 1. The fraction of sp³-hybridized carbons (Fsp3) is 0.176. The van der Waals surface area contributed by atoms with Gasteiger partial charge in [0, 0.05) is 0 Å². The molecule has 2 aromatic rings. The largest absolute Gasteiger partial charge is 0.435 e. The first-order chi connectivity index (χ1) is 11.9. The second-order valence-electron chi connectivity index (χ2n) is 5.07. The lowest BCUT2D eigenvalue weighted by Gasteiger charge is -2.16. The zero-order valence-corrected chi connectivity index (χ0v) is 13.1. The molecule has 0 spiro atoms. The van der Waals surface area contributed by atoms with Crippen molar-refractivity contribution in [2.45, 2.75) is 19.6 Å². The molecular weight excluding hydrogens is 335 g/mol. The first-order valence-electron chi connectivity index (χ1n) is 7.21. The Morgan fingerprint density at radius 2 is 2.00 bits per heavy atom. The van der Waals surface area contributed by atoms with Gasteiger partial charge in [0.25, 0.3) is 0 Å². The summed E-state index contributed by atoms with van der Waals surface area (Å²) < 4.78 is 41.9. The van der Waals surface area contributed by atoms with Crippen molar-refractivity contribution in [2.24, 2.45) is 0 Å². The smallest absolute Gasteiger partial charge is 0.387 e. The van der Waals surface area contributed by atoms with E-state index in [0.717, 1.165) is 12.1 Å². The Hall–Kier alpha value is -3.21. The van der Waals surface area contributed by atoms with E-state index in [4.69, 9.17) is 5.26 Å². The molecule has 0 aliphatic rings. The molecule has 0 aromatic heterocycles. The summed E-state index contributed by atoms with van der Waals surface area (Å²) in [7, 11) is 0. The Morgan fingerprint density at radius 1 is 1.24 bits per heavy atom. The van der Waals surface area contributed by atoms with E-state index in [-0.39, 0.29) is 17.0 Å². The minimum absolute atomic E-state index is 0.0184. The Morgan fingerprint density at radius 3 is 2.68 bits per heavy atom. The van der Waals surface area contributed by atoms with E-state index in [1.165, 1.54) is 24.3 Å². The lowest BCUT2D eigenvalue weighted by atomic mass is 10.1. The van der Waals surface area contributed by atoms with E-state index in [2.05, 4.69) is 15.4 Å². The van der Waals surface area contributed by atoms with Crippen molar-refractivity contribution < 1.29 is 22.7 Å². The maximum absolute atomic E-state index is 13.1. The van der Waals surface area contributed by atoms with E-state index in [0.29, 0.717) is 5.56 Å². The lowest BCUT2D eigenvalue weighted by Crippen LogP contribution is -2.31. The molecule has 5 nitrogen and oxygen atoms in total. The molecule has 0 heterocycles. The van der Waals surface area contributed by atoms with Crippen molar-refractivity contribution in [1.82, 2.24) is 5.32 Å². The first kappa shape index (κ1) is 18.1. The van der Waals surface area contributed by atoms with Crippen LogP contribution in [-0.4, -0.2) is 12.6 Å². The molecular formula is C17H14F3N3O2. The topological polar surface area (TPSA) is 74.2 Å². The summed E-state index contributed by atoms with van der Waals surface area (Å²) in [6.45, 7) is -1.29. The number of benzene rings is 2. The molecule has 0 saturated heterocycles. The SMILES string of the molecule is CC(NC(=O)Nc1ccc(F)cc1C#N)c1cccc(OC(F)F)c1. The van der Waals surface area contributed by atoms with Gasteiger partial charge in [0.05, 0.1) is 17.3 Å². The second kappa shape index (κ2) is 8.06. The summed E-state index contributed by atoms with van der Waals surface area (Å²) in [5, 5.41) is 14.0. The van der Waals surface area contributed by atoms with Crippen LogP contribution in [0.1, 0.15) is 24.1 Å². The molecule has 0 fully saturated rings. The van der Waals surface area contributed by atoms with Crippen molar-refractivity contribution in [3.63, 3.8) is 0 Å². The number of alkyl halides is 2. The van der Waals surface area contributed by atoms with Gasteiger partial charge in [0.1, 0.15) is 17.6 Å². The average Bonchev–Trinajstić information content (AvgIpc) is 2.56. The van der Waals surface area contributed by atoms with Crippen LogP contribution in [0.4, 0.5) is 23.7 Å². The fourth-order valence-electron chi connectivity index (χ4n) is 2.12. The predicted octanol–water partition coefficient (Wildman–Crippen LogP) is 4.18. The zero-order chi connectivity index (χ0) is 18.4. The van der Waals surface area contributed by atoms with Crippen LogP contribution in [0.2, 0.25) is 0 Å². The highest BCUT2D eigenvalue weighted by Crippen LogP contribution is 2.21. The third kappa shape index (κ3) is 5.14. The first-order valence-corrected chi connectivity index (χ1v) is 7.21. The monoisotopic (exact) mass is 349 g/mol. The second-order valence-corrected chi connectivity index (χ2v) is 5.07. The molecule has 130 valence electrons. The molecule has 1 atom stereocenters. The minimum atomic E-state index is -2.94. The Balaban J connectivity index is 2.04. The van der Waals surface area contributed by atoms with E-state index in [1.54, 1.807) is 19.1 Å². The number of hydrogen-bond acceptors (Lipinski definition) is 3. The van der Waals surface area contributed by atoms with Crippen molar-refractivity contribution >= 4 is 11.7 Å². The maximum atomic E-state index is 13.1. The number of nitrogens with zero attached hydrogens (tertiary/aromatic N) is 1. The average molecular weight is 349 g/mol. The van der Waals surface area contributed by atoms with E-state index < -0.39 is 24.5 Å². The quantitative estimate of drug-likeness (QED) is 0.850. The van der Waals surface area contributed by atoms with Crippen LogP contribution in [0.15, 0.2) is 42.5 Å². The van der Waals surface area contributed by atoms with Crippen molar-refractivity contribution in [1.29, 1.82) is 5.26 Å². The van der Waals surface area contributed by atoms with Crippen LogP contribution in [0.3, 0.4) is 0 Å². The summed E-state index contributed by atoms with van der Waals surface area (Å²) in [6, 6.07) is 9.95. The van der Waals surface area contributed by atoms with Gasteiger partial charge in [0.2, 0.25) is 0 Å². The van der Waals surface area contributed by atoms with Gasteiger partial charge in [-0.25, -0.2) is 9.18 Å². The number of anilines is 1. The molecule has 2 amide bonds. The summed E-state index contributed by atoms with van der Waals surface area (Å²) in [6.07, 6.45) is 0. The maximum Gasteiger partial charge on any atom is 0.387 e. The molecule has 0 saturated carbocycles. The van der Waals surface area contributed by atoms with Gasteiger partial charge in [-0.2, -0.15) is 14.0 Å². The molecule has 0 aliphatic heterocycles. The van der Waals surface area contributed by atoms with Crippen LogP contribution in [0, 0.1) is 17.1 Å². The number of nitriles is 1.